The molecule has 0 amide bonds. The Bertz CT molecular complexity index is 2020. The maximum absolute atomic E-state index is 7.09. The molecule has 0 spiro atoms. The molecular weight excluding hydrogens is 484 g/mol. The third kappa shape index (κ3) is 3.41. The second-order valence-corrected chi connectivity index (χ2v) is 10.5. The van der Waals surface area contributed by atoms with Gasteiger partial charge in [-0.05, 0) is 62.3 Å². The third-order valence-corrected chi connectivity index (χ3v) is 8.25. The van der Waals surface area contributed by atoms with E-state index in [0.29, 0.717) is 0 Å². The van der Waals surface area contributed by atoms with Crippen molar-refractivity contribution >= 4 is 38.4 Å². The highest BCUT2D eigenvalue weighted by atomic mass is 16.5. The number of hydrogen-bond acceptors (Lipinski definition) is 1. The highest BCUT2D eigenvalue weighted by molar-refractivity contribution is 6.26. The molecule has 0 saturated carbocycles. The third-order valence-electron chi connectivity index (χ3n) is 8.25. The Kier molecular flexibility index (Phi) is 5.11. The van der Waals surface area contributed by atoms with Crippen LogP contribution in [0.3, 0.4) is 0 Å². The number of rotatable bonds is 3. The maximum Gasteiger partial charge on any atom is 0.178 e. The van der Waals surface area contributed by atoms with Gasteiger partial charge in [0.05, 0.1) is 0 Å². The van der Waals surface area contributed by atoms with Crippen LogP contribution in [0.5, 0.6) is 5.75 Å². The first kappa shape index (κ1) is 22.8. The van der Waals surface area contributed by atoms with Crippen LogP contribution in [0.4, 0.5) is 0 Å². The van der Waals surface area contributed by atoms with Crippen LogP contribution in [0, 0.1) is 0 Å². The Morgan fingerprint density at radius 2 is 1.10 bits per heavy atom. The molecule has 0 fully saturated rings. The van der Waals surface area contributed by atoms with E-state index >= 15 is 0 Å². The van der Waals surface area contributed by atoms with E-state index in [1.54, 1.807) is 0 Å². The summed E-state index contributed by atoms with van der Waals surface area (Å²) >= 11 is 0. The average molecular weight is 511 g/mol. The Morgan fingerprint density at radius 3 is 1.82 bits per heavy atom. The molecule has 0 atom stereocenters. The molecule has 1 heteroatoms. The summed E-state index contributed by atoms with van der Waals surface area (Å²) < 4.78 is 7.09. The van der Waals surface area contributed by atoms with Crippen LogP contribution in [0.1, 0.15) is 16.7 Å². The van der Waals surface area contributed by atoms with Crippen molar-refractivity contribution < 1.29 is 4.74 Å². The van der Waals surface area contributed by atoms with Crippen molar-refractivity contribution in [2.45, 2.75) is 5.60 Å². The lowest BCUT2D eigenvalue weighted by Crippen LogP contribution is -2.34. The highest BCUT2D eigenvalue weighted by Crippen LogP contribution is 2.47. The molecule has 8 rings (SSSR count). The van der Waals surface area contributed by atoms with Gasteiger partial charge < -0.3 is 4.74 Å². The molecule has 0 saturated heterocycles. The van der Waals surface area contributed by atoms with Crippen LogP contribution >= 0.6 is 0 Å². The molecule has 40 heavy (non-hydrogen) atoms. The van der Waals surface area contributed by atoms with E-state index in [1.807, 2.05) is 0 Å². The summed E-state index contributed by atoms with van der Waals surface area (Å²) in [6, 6.07) is 51.7. The molecule has 7 aromatic rings. The number of hydrogen-bond donors (Lipinski definition) is 0. The van der Waals surface area contributed by atoms with Crippen LogP contribution in [-0.4, -0.2) is 0 Å². The van der Waals surface area contributed by atoms with Gasteiger partial charge in [0.2, 0.25) is 0 Å². The number of fused-ring (bicyclic) bond motifs is 7. The van der Waals surface area contributed by atoms with Gasteiger partial charge in [-0.3, -0.25) is 0 Å². The van der Waals surface area contributed by atoms with Gasteiger partial charge in [-0.1, -0.05) is 133 Å². The van der Waals surface area contributed by atoms with Gasteiger partial charge in [0.25, 0.3) is 0 Å². The van der Waals surface area contributed by atoms with Gasteiger partial charge in [-0.15, -0.1) is 0 Å². The maximum atomic E-state index is 7.09. The lowest BCUT2D eigenvalue weighted by atomic mass is 9.82. The molecule has 188 valence electrons. The molecule has 0 radical (unpaired) electrons. The van der Waals surface area contributed by atoms with Crippen molar-refractivity contribution in [3.63, 3.8) is 0 Å². The van der Waals surface area contributed by atoms with Crippen LogP contribution in [0.2, 0.25) is 0 Å². The second kappa shape index (κ2) is 8.97. The van der Waals surface area contributed by atoms with E-state index in [2.05, 4.69) is 158 Å². The summed E-state index contributed by atoms with van der Waals surface area (Å²) in [7, 11) is 0. The summed E-state index contributed by atoms with van der Waals surface area (Å²) in [5.74, 6) is 0.893. The summed E-state index contributed by atoms with van der Waals surface area (Å²) in [5, 5.41) is 7.46. The lowest BCUT2D eigenvalue weighted by Gasteiger charge is -2.36. The fourth-order valence-corrected chi connectivity index (χ4v) is 6.38. The SMILES string of the molecule is C1=CC(c2ccccc2)(c2ccccc2)Oc2ccc3cc(-c4ccccc4)c4ccc5ccccc5c4c3c21. The molecular formula is C39H26O. The molecule has 0 unspecified atom stereocenters. The van der Waals surface area contributed by atoms with Gasteiger partial charge >= 0.3 is 0 Å². The van der Waals surface area contributed by atoms with Crippen LogP contribution in [0.15, 0.2) is 152 Å². The monoisotopic (exact) mass is 510 g/mol. The van der Waals surface area contributed by atoms with E-state index in [-0.39, 0.29) is 0 Å². The molecule has 7 aromatic carbocycles. The molecule has 1 aliphatic rings. The van der Waals surface area contributed by atoms with E-state index in [1.165, 1.54) is 43.4 Å². The van der Waals surface area contributed by atoms with Gasteiger partial charge in [0.1, 0.15) is 5.75 Å². The first-order valence-corrected chi connectivity index (χ1v) is 13.8. The van der Waals surface area contributed by atoms with Crippen LogP contribution < -0.4 is 4.74 Å². The van der Waals surface area contributed by atoms with Gasteiger partial charge in [-0.25, -0.2) is 0 Å². The van der Waals surface area contributed by atoms with E-state index < -0.39 is 5.60 Å². The fourth-order valence-electron chi connectivity index (χ4n) is 6.38. The predicted octanol–water partition coefficient (Wildman–Crippen LogP) is 10.2. The molecule has 0 aromatic heterocycles. The summed E-state index contributed by atoms with van der Waals surface area (Å²) in [6.07, 6.45) is 4.52. The van der Waals surface area contributed by atoms with Crippen molar-refractivity contribution in [1.82, 2.24) is 0 Å². The minimum Gasteiger partial charge on any atom is -0.473 e. The Labute approximate surface area is 233 Å². The van der Waals surface area contributed by atoms with Crippen LogP contribution in [-0.2, 0) is 5.60 Å². The van der Waals surface area contributed by atoms with Crippen molar-refractivity contribution in [2.24, 2.45) is 0 Å². The van der Waals surface area contributed by atoms with Gasteiger partial charge in [0.15, 0.2) is 5.60 Å². The van der Waals surface area contributed by atoms with E-state index in [4.69, 9.17) is 4.74 Å². The average Bonchev–Trinajstić information content (AvgIpc) is 3.04. The zero-order valence-corrected chi connectivity index (χ0v) is 21.9. The first-order chi connectivity index (χ1) is 19.8. The van der Waals surface area contributed by atoms with E-state index in [9.17, 15) is 0 Å². The minimum absolute atomic E-state index is 0.703. The van der Waals surface area contributed by atoms with Crippen molar-refractivity contribution in [2.75, 3.05) is 0 Å². The zero-order valence-electron chi connectivity index (χ0n) is 21.9. The Morgan fingerprint density at radius 1 is 0.475 bits per heavy atom. The lowest BCUT2D eigenvalue weighted by molar-refractivity contribution is 0.161. The number of ether oxygens (including phenoxy) is 1. The standard InChI is InChI=1S/C39H26O/c1-4-12-27(13-5-1)35-26-29-21-23-36-34(37(29)38-32-19-11-10-14-28(32)20-22-33(35)38)24-25-39(40-36,30-15-6-2-7-16-30)31-17-8-3-9-18-31/h1-26H. The first-order valence-electron chi connectivity index (χ1n) is 13.8. The van der Waals surface area contributed by atoms with Crippen molar-refractivity contribution in [3.8, 4) is 16.9 Å². The van der Waals surface area contributed by atoms with Crippen molar-refractivity contribution in [3.05, 3.63) is 168 Å². The topological polar surface area (TPSA) is 9.23 Å². The fraction of sp³-hybridized carbons (Fsp3) is 0.0256. The molecule has 1 nitrogen and oxygen atoms in total. The smallest absolute Gasteiger partial charge is 0.178 e. The zero-order chi connectivity index (χ0) is 26.5. The molecule has 0 N–H and O–H groups in total. The summed E-state index contributed by atoms with van der Waals surface area (Å²) in [4.78, 5) is 0. The molecule has 0 bridgehead atoms. The predicted molar refractivity (Wildman–Crippen MR) is 168 cm³/mol. The molecule has 1 aliphatic heterocycles. The van der Waals surface area contributed by atoms with Gasteiger partial charge in [0, 0.05) is 22.1 Å². The normalized spacial score (nSPS) is 13.8. The van der Waals surface area contributed by atoms with Crippen LogP contribution in [0.25, 0.3) is 49.5 Å². The van der Waals surface area contributed by atoms with E-state index in [0.717, 1.165) is 22.4 Å². The molecule has 1 heterocycles. The number of benzene rings is 7. The Balaban J connectivity index is 1.46. The summed E-state index contributed by atoms with van der Waals surface area (Å²) in [6.45, 7) is 0. The van der Waals surface area contributed by atoms with Gasteiger partial charge in [-0.2, -0.15) is 0 Å². The quantitative estimate of drug-likeness (QED) is 0.215. The Hall–Kier alpha value is -5.14. The second-order valence-electron chi connectivity index (χ2n) is 10.5. The minimum atomic E-state index is -0.703. The molecule has 0 aliphatic carbocycles. The highest BCUT2D eigenvalue weighted by Gasteiger charge is 2.37. The largest absolute Gasteiger partial charge is 0.473 e. The summed E-state index contributed by atoms with van der Waals surface area (Å²) in [5.41, 5.74) is 5.11. The van der Waals surface area contributed by atoms with Crippen molar-refractivity contribution in [1.29, 1.82) is 0 Å².